The summed E-state index contributed by atoms with van der Waals surface area (Å²) in [4.78, 5) is 21.4. The molecule has 0 saturated carbocycles. The minimum atomic E-state index is -1.25. The highest BCUT2D eigenvalue weighted by molar-refractivity contribution is 6.01. The third kappa shape index (κ3) is 5.45. The lowest BCUT2D eigenvalue weighted by Crippen LogP contribution is -2.20. The summed E-state index contributed by atoms with van der Waals surface area (Å²) in [6.07, 6.45) is 0. The summed E-state index contributed by atoms with van der Waals surface area (Å²) in [7, 11) is 0. The topological polar surface area (TPSA) is 137 Å². The van der Waals surface area contributed by atoms with E-state index in [0.717, 1.165) is 11.3 Å². The van der Waals surface area contributed by atoms with Crippen molar-refractivity contribution < 1.29 is 19.8 Å². The standard InChI is InChI=1S/C9H8O4.C8H11N3/c1-5(10)6-3-2-4-7(8(6)11)9(12)13;1-6-3-2-4-7(5-6)11-8(9)10/h2-4,11H,1H3,(H,12,13);2-5H,1H3,(H4,9,10,11). The van der Waals surface area contributed by atoms with Crippen molar-refractivity contribution in [2.75, 3.05) is 5.32 Å². The quantitative estimate of drug-likeness (QED) is 0.333. The lowest BCUT2D eigenvalue weighted by Gasteiger charge is -2.02. The average molecular weight is 329 g/mol. The molecule has 6 N–H and O–H groups in total. The molecule has 2 rings (SSSR count). The zero-order valence-electron chi connectivity index (χ0n) is 13.3. The maximum Gasteiger partial charge on any atom is 0.339 e. The molecule has 2 aromatic carbocycles. The fraction of sp³-hybridized carbons (Fsp3) is 0.118. The number of hydrogen-bond acceptors (Lipinski definition) is 4. The van der Waals surface area contributed by atoms with Crippen LogP contribution in [0.4, 0.5) is 5.69 Å². The number of ketones is 1. The van der Waals surface area contributed by atoms with Crippen molar-refractivity contribution in [2.24, 2.45) is 5.73 Å². The molecule has 0 aliphatic heterocycles. The lowest BCUT2D eigenvalue weighted by molar-refractivity contribution is 0.0693. The second-order valence-corrected chi connectivity index (χ2v) is 4.97. The Labute approximate surface area is 139 Å². The number of aromatic carboxylic acids is 1. The fourth-order valence-electron chi connectivity index (χ4n) is 1.88. The number of para-hydroxylation sites is 1. The van der Waals surface area contributed by atoms with Gasteiger partial charge in [-0.15, -0.1) is 0 Å². The summed E-state index contributed by atoms with van der Waals surface area (Å²) in [5, 5.41) is 27.6. The lowest BCUT2D eigenvalue weighted by atomic mass is 10.1. The van der Waals surface area contributed by atoms with Crippen LogP contribution in [-0.2, 0) is 0 Å². The molecule has 0 amide bonds. The zero-order valence-corrected chi connectivity index (χ0v) is 13.3. The minimum Gasteiger partial charge on any atom is -0.506 e. The van der Waals surface area contributed by atoms with E-state index in [0.29, 0.717) is 0 Å². The summed E-state index contributed by atoms with van der Waals surface area (Å²) in [5.41, 5.74) is 6.93. The zero-order chi connectivity index (χ0) is 18.3. The second-order valence-electron chi connectivity index (χ2n) is 4.97. The number of benzene rings is 2. The van der Waals surface area contributed by atoms with E-state index in [1.165, 1.54) is 25.1 Å². The second kappa shape index (κ2) is 8.33. The maximum atomic E-state index is 10.9. The normalized spacial score (nSPS) is 9.42. The van der Waals surface area contributed by atoms with Gasteiger partial charge in [0.15, 0.2) is 11.7 Å². The first-order valence-electron chi connectivity index (χ1n) is 6.96. The number of carbonyl (C=O) groups is 2. The predicted molar refractivity (Wildman–Crippen MR) is 91.8 cm³/mol. The van der Waals surface area contributed by atoms with Crippen LogP contribution in [-0.4, -0.2) is 27.9 Å². The molecule has 0 aliphatic carbocycles. The Hall–Kier alpha value is -3.35. The van der Waals surface area contributed by atoms with Gasteiger partial charge in [-0.2, -0.15) is 0 Å². The van der Waals surface area contributed by atoms with Crippen LogP contribution in [0.15, 0.2) is 42.5 Å². The van der Waals surface area contributed by atoms with E-state index in [9.17, 15) is 14.7 Å². The van der Waals surface area contributed by atoms with E-state index in [1.54, 1.807) is 0 Å². The Kier molecular flexibility index (Phi) is 6.49. The summed E-state index contributed by atoms with van der Waals surface area (Å²) in [5.74, 6) is -2.11. The van der Waals surface area contributed by atoms with Crippen LogP contribution in [0.2, 0.25) is 0 Å². The molecule has 0 saturated heterocycles. The molecule has 0 heterocycles. The van der Waals surface area contributed by atoms with Crippen LogP contribution in [0.1, 0.15) is 33.2 Å². The monoisotopic (exact) mass is 329 g/mol. The number of phenols is 1. The molecule has 0 fully saturated rings. The maximum absolute atomic E-state index is 10.9. The van der Waals surface area contributed by atoms with Crippen molar-refractivity contribution in [1.82, 2.24) is 0 Å². The Balaban J connectivity index is 0.000000243. The van der Waals surface area contributed by atoms with Gasteiger partial charge in [0.1, 0.15) is 11.3 Å². The molecule has 0 radical (unpaired) electrons. The summed E-state index contributed by atoms with van der Waals surface area (Å²) in [6.45, 7) is 3.26. The Morgan fingerprint density at radius 3 is 2.21 bits per heavy atom. The minimum absolute atomic E-state index is 0.0277. The number of aryl methyl sites for hydroxylation is 1. The van der Waals surface area contributed by atoms with E-state index >= 15 is 0 Å². The average Bonchev–Trinajstić information content (AvgIpc) is 2.46. The van der Waals surface area contributed by atoms with Crippen molar-refractivity contribution in [2.45, 2.75) is 13.8 Å². The molecule has 0 aliphatic rings. The van der Waals surface area contributed by atoms with Crippen LogP contribution in [0, 0.1) is 12.3 Å². The van der Waals surface area contributed by atoms with Crippen molar-refractivity contribution in [1.29, 1.82) is 5.41 Å². The molecule has 0 unspecified atom stereocenters. The summed E-state index contributed by atoms with van der Waals surface area (Å²) in [6, 6.07) is 11.7. The van der Waals surface area contributed by atoms with E-state index in [-0.39, 0.29) is 22.9 Å². The van der Waals surface area contributed by atoms with Gasteiger partial charge in [0.05, 0.1) is 5.56 Å². The Morgan fingerprint density at radius 2 is 1.71 bits per heavy atom. The van der Waals surface area contributed by atoms with Gasteiger partial charge in [-0.1, -0.05) is 18.2 Å². The van der Waals surface area contributed by atoms with Gasteiger partial charge in [0, 0.05) is 5.69 Å². The smallest absolute Gasteiger partial charge is 0.339 e. The van der Waals surface area contributed by atoms with E-state index in [1.807, 2.05) is 31.2 Å². The van der Waals surface area contributed by atoms with Crippen molar-refractivity contribution >= 4 is 23.4 Å². The molecular weight excluding hydrogens is 310 g/mol. The van der Waals surface area contributed by atoms with Gasteiger partial charge in [0.2, 0.25) is 0 Å². The molecule has 0 atom stereocenters. The third-order valence-corrected chi connectivity index (χ3v) is 2.94. The Bertz CT molecular complexity index is 740. The van der Waals surface area contributed by atoms with E-state index in [4.69, 9.17) is 16.2 Å². The van der Waals surface area contributed by atoms with E-state index in [2.05, 4.69) is 5.32 Å². The number of Topliss-reactive ketones (excluding diaryl/α,β-unsaturated/α-hetero) is 1. The first-order valence-corrected chi connectivity index (χ1v) is 6.96. The van der Waals surface area contributed by atoms with Gasteiger partial charge in [-0.3, -0.25) is 10.2 Å². The van der Waals surface area contributed by atoms with Crippen molar-refractivity contribution in [3.05, 3.63) is 59.2 Å². The molecule has 7 heteroatoms. The van der Waals surface area contributed by atoms with Gasteiger partial charge in [-0.25, -0.2) is 4.79 Å². The van der Waals surface area contributed by atoms with Crippen LogP contribution >= 0.6 is 0 Å². The van der Waals surface area contributed by atoms with Crippen LogP contribution in [0.3, 0.4) is 0 Å². The molecule has 126 valence electrons. The highest BCUT2D eigenvalue weighted by atomic mass is 16.4. The van der Waals surface area contributed by atoms with Crippen LogP contribution in [0.5, 0.6) is 5.75 Å². The number of aromatic hydroxyl groups is 1. The number of carboxylic acids is 1. The van der Waals surface area contributed by atoms with E-state index < -0.39 is 11.7 Å². The number of rotatable bonds is 3. The molecule has 0 bridgehead atoms. The van der Waals surface area contributed by atoms with Gasteiger partial charge < -0.3 is 21.3 Å². The first kappa shape index (κ1) is 18.7. The highest BCUT2D eigenvalue weighted by Crippen LogP contribution is 2.22. The van der Waals surface area contributed by atoms with Crippen LogP contribution in [0.25, 0.3) is 0 Å². The largest absolute Gasteiger partial charge is 0.506 e. The SMILES string of the molecule is CC(=O)c1cccc(C(=O)O)c1O.Cc1cccc(NC(=N)N)c1. The van der Waals surface area contributed by atoms with Gasteiger partial charge in [0.25, 0.3) is 0 Å². The number of nitrogens with one attached hydrogen (secondary N) is 2. The summed E-state index contributed by atoms with van der Waals surface area (Å²) < 4.78 is 0. The number of carbonyl (C=O) groups excluding carboxylic acids is 1. The Morgan fingerprint density at radius 1 is 1.12 bits per heavy atom. The highest BCUT2D eigenvalue weighted by Gasteiger charge is 2.14. The van der Waals surface area contributed by atoms with Crippen molar-refractivity contribution in [3.63, 3.8) is 0 Å². The van der Waals surface area contributed by atoms with Crippen LogP contribution < -0.4 is 11.1 Å². The summed E-state index contributed by atoms with van der Waals surface area (Å²) >= 11 is 0. The van der Waals surface area contributed by atoms with Crippen molar-refractivity contribution in [3.8, 4) is 5.75 Å². The third-order valence-electron chi connectivity index (χ3n) is 2.94. The predicted octanol–water partition coefficient (Wildman–Crippen LogP) is 2.59. The van der Waals surface area contributed by atoms with Gasteiger partial charge in [-0.05, 0) is 43.7 Å². The number of nitrogens with two attached hydrogens (primary N) is 1. The molecule has 0 spiro atoms. The first-order chi connectivity index (χ1) is 11.2. The molecule has 2 aromatic rings. The fourth-order valence-corrected chi connectivity index (χ4v) is 1.88. The number of guanidine groups is 1. The molecule has 24 heavy (non-hydrogen) atoms. The number of hydrogen-bond donors (Lipinski definition) is 5. The van der Waals surface area contributed by atoms with Gasteiger partial charge >= 0.3 is 5.97 Å². The molecule has 7 nitrogen and oxygen atoms in total. The molecular formula is C17H19N3O4. The molecule has 0 aromatic heterocycles. The number of carboxylic acid groups (broad SMARTS) is 1. The number of anilines is 1.